The second kappa shape index (κ2) is 6.82. The molecule has 0 radical (unpaired) electrons. The fourth-order valence-electron chi connectivity index (χ4n) is 1.62. The summed E-state index contributed by atoms with van der Waals surface area (Å²) in [5.41, 5.74) is 0.724. The maximum Gasteiger partial charge on any atom is 0.321 e. The number of rotatable bonds is 4. The van der Waals surface area contributed by atoms with E-state index in [9.17, 15) is 4.79 Å². The Balaban J connectivity index is 1.57. The molecule has 0 saturated carbocycles. The van der Waals surface area contributed by atoms with E-state index in [1.165, 1.54) is 22.7 Å². The van der Waals surface area contributed by atoms with E-state index in [-0.39, 0.29) is 6.03 Å². The molecule has 0 spiro atoms. The van der Waals surface area contributed by atoms with Gasteiger partial charge in [-0.05, 0) is 24.3 Å². The van der Waals surface area contributed by atoms with Crippen LogP contribution in [0.15, 0.2) is 36.5 Å². The zero-order valence-corrected chi connectivity index (χ0v) is 13.5. The van der Waals surface area contributed by atoms with Crippen LogP contribution in [0.2, 0.25) is 4.34 Å². The van der Waals surface area contributed by atoms with Crippen LogP contribution in [-0.4, -0.2) is 21.2 Å². The first-order chi connectivity index (χ1) is 10.7. The molecule has 3 rings (SSSR count). The molecule has 0 aromatic carbocycles. The minimum Gasteiger partial charge on any atom is -0.333 e. The second-order valence-electron chi connectivity index (χ2n) is 4.14. The Labute approximate surface area is 139 Å². The lowest BCUT2D eigenvalue weighted by molar-refractivity contribution is 0.252. The molecular weight excluding hydrogens is 342 g/mol. The summed E-state index contributed by atoms with van der Waals surface area (Å²) in [6.07, 6.45) is 1.68. The van der Waals surface area contributed by atoms with Gasteiger partial charge < -0.3 is 5.32 Å². The molecule has 0 fully saturated rings. The quantitative estimate of drug-likeness (QED) is 0.752. The highest BCUT2D eigenvalue weighted by Crippen LogP contribution is 2.24. The van der Waals surface area contributed by atoms with Crippen molar-refractivity contribution in [2.75, 3.05) is 5.32 Å². The van der Waals surface area contributed by atoms with Crippen LogP contribution in [0.4, 0.5) is 9.93 Å². The molecule has 9 heteroatoms. The van der Waals surface area contributed by atoms with E-state index in [1.807, 2.05) is 24.3 Å². The summed E-state index contributed by atoms with van der Waals surface area (Å²) in [7, 11) is 0. The van der Waals surface area contributed by atoms with Crippen molar-refractivity contribution in [3.05, 3.63) is 45.7 Å². The van der Waals surface area contributed by atoms with Gasteiger partial charge >= 0.3 is 6.03 Å². The van der Waals surface area contributed by atoms with E-state index in [2.05, 4.69) is 25.8 Å². The molecule has 3 aromatic rings. The lowest BCUT2D eigenvalue weighted by Crippen LogP contribution is -2.27. The minimum absolute atomic E-state index is 0.340. The average Bonchev–Trinajstić information content (AvgIpc) is 3.15. The highest BCUT2D eigenvalue weighted by atomic mass is 35.5. The van der Waals surface area contributed by atoms with Crippen molar-refractivity contribution in [2.45, 2.75) is 6.54 Å². The number of hydrogen-bond acceptors (Lipinski definition) is 6. The van der Waals surface area contributed by atoms with Gasteiger partial charge in [0.05, 0.1) is 10.9 Å². The van der Waals surface area contributed by atoms with Crippen LogP contribution in [0.1, 0.15) is 4.88 Å². The van der Waals surface area contributed by atoms with Gasteiger partial charge in [0, 0.05) is 11.1 Å². The number of nitrogens with zero attached hydrogens (tertiary/aromatic N) is 3. The summed E-state index contributed by atoms with van der Waals surface area (Å²) in [5, 5.41) is 14.4. The van der Waals surface area contributed by atoms with Gasteiger partial charge in [0.2, 0.25) is 5.13 Å². The highest BCUT2D eigenvalue weighted by Gasteiger charge is 2.10. The zero-order chi connectivity index (χ0) is 15.4. The molecule has 0 unspecified atom stereocenters. The number of thiophene rings is 1. The number of anilines is 1. The van der Waals surface area contributed by atoms with E-state index < -0.39 is 0 Å². The Morgan fingerprint density at radius 2 is 2.09 bits per heavy atom. The van der Waals surface area contributed by atoms with Crippen molar-refractivity contribution in [1.82, 2.24) is 20.5 Å². The molecule has 2 amide bonds. The molecule has 0 aliphatic heterocycles. The molecule has 112 valence electrons. The predicted octanol–water partition coefficient (Wildman–Crippen LogP) is 3.64. The van der Waals surface area contributed by atoms with Crippen LogP contribution in [0.3, 0.4) is 0 Å². The maximum atomic E-state index is 11.8. The molecule has 0 atom stereocenters. The Morgan fingerprint density at radius 1 is 1.18 bits per heavy atom. The number of amides is 2. The van der Waals surface area contributed by atoms with Crippen LogP contribution in [0.25, 0.3) is 10.7 Å². The highest BCUT2D eigenvalue weighted by molar-refractivity contribution is 7.18. The summed E-state index contributed by atoms with van der Waals surface area (Å²) in [4.78, 5) is 17.0. The van der Waals surface area contributed by atoms with E-state index in [0.29, 0.717) is 21.0 Å². The minimum atomic E-state index is -0.340. The average molecular weight is 352 g/mol. The molecule has 0 aliphatic rings. The second-order valence-corrected chi connectivity index (χ2v) is 6.92. The Bertz CT molecular complexity index is 774. The number of carbonyl (C=O) groups excluding carboxylic acids is 1. The molecule has 3 heterocycles. The van der Waals surface area contributed by atoms with Gasteiger partial charge in [-0.15, -0.1) is 21.5 Å². The maximum absolute atomic E-state index is 11.8. The van der Waals surface area contributed by atoms with Crippen LogP contribution in [0.5, 0.6) is 0 Å². The Hall–Kier alpha value is -2.03. The molecule has 6 nitrogen and oxygen atoms in total. The van der Waals surface area contributed by atoms with Gasteiger partial charge in [-0.25, -0.2) is 4.79 Å². The van der Waals surface area contributed by atoms with Crippen LogP contribution in [-0.2, 0) is 6.54 Å². The van der Waals surface area contributed by atoms with E-state index in [1.54, 1.807) is 12.3 Å². The topological polar surface area (TPSA) is 79.8 Å². The van der Waals surface area contributed by atoms with Gasteiger partial charge in [-0.2, -0.15) is 0 Å². The number of nitrogens with one attached hydrogen (secondary N) is 2. The molecule has 22 heavy (non-hydrogen) atoms. The molecule has 2 N–H and O–H groups in total. The molecular formula is C13H10ClN5OS2. The van der Waals surface area contributed by atoms with Crippen LogP contribution in [0, 0.1) is 0 Å². The zero-order valence-electron chi connectivity index (χ0n) is 11.1. The van der Waals surface area contributed by atoms with Crippen molar-refractivity contribution in [2.24, 2.45) is 0 Å². The van der Waals surface area contributed by atoms with Gasteiger partial charge in [-0.1, -0.05) is 29.0 Å². The first kappa shape index (κ1) is 14.9. The van der Waals surface area contributed by atoms with Crippen LogP contribution < -0.4 is 10.6 Å². The summed E-state index contributed by atoms with van der Waals surface area (Å²) < 4.78 is 0.696. The summed E-state index contributed by atoms with van der Waals surface area (Å²) in [5.74, 6) is 0. The molecule has 0 saturated heterocycles. The first-order valence-electron chi connectivity index (χ1n) is 6.25. The fourth-order valence-corrected chi connectivity index (χ4v) is 3.36. The fraction of sp³-hybridized carbons (Fsp3) is 0.0769. The summed E-state index contributed by atoms with van der Waals surface area (Å²) in [6.45, 7) is 0.412. The van der Waals surface area contributed by atoms with Gasteiger partial charge in [0.1, 0.15) is 5.69 Å². The van der Waals surface area contributed by atoms with Gasteiger partial charge in [0.25, 0.3) is 0 Å². The summed E-state index contributed by atoms with van der Waals surface area (Å²) >= 11 is 8.53. The van der Waals surface area contributed by atoms with Crippen LogP contribution >= 0.6 is 34.3 Å². The SMILES string of the molecule is O=C(NCc1ccc(Cl)s1)Nc1nnc(-c2ccccn2)s1. The summed E-state index contributed by atoms with van der Waals surface area (Å²) in [6, 6.07) is 8.87. The smallest absolute Gasteiger partial charge is 0.321 e. The monoisotopic (exact) mass is 351 g/mol. The van der Waals surface area contributed by atoms with E-state index in [4.69, 9.17) is 11.6 Å². The number of hydrogen-bond donors (Lipinski definition) is 2. The molecule has 3 aromatic heterocycles. The van der Waals surface area contributed by atoms with E-state index in [0.717, 1.165) is 10.6 Å². The third-order valence-electron chi connectivity index (χ3n) is 2.58. The van der Waals surface area contributed by atoms with Crippen molar-refractivity contribution in [3.8, 4) is 10.7 Å². The first-order valence-corrected chi connectivity index (χ1v) is 8.26. The Morgan fingerprint density at radius 3 is 2.82 bits per heavy atom. The lowest BCUT2D eigenvalue weighted by Gasteiger charge is -2.02. The number of aromatic nitrogens is 3. The van der Waals surface area contributed by atoms with Gasteiger partial charge in [0.15, 0.2) is 5.01 Å². The third kappa shape index (κ3) is 3.79. The molecule has 0 aliphatic carbocycles. The number of carbonyl (C=O) groups is 1. The van der Waals surface area contributed by atoms with Gasteiger partial charge in [-0.3, -0.25) is 10.3 Å². The molecule has 0 bridgehead atoms. The van der Waals surface area contributed by atoms with Crippen molar-refractivity contribution in [1.29, 1.82) is 0 Å². The predicted molar refractivity (Wildman–Crippen MR) is 88.3 cm³/mol. The third-order valence-corrected chi connectivity index (χ3v) is 4.67. The standard InChI is InChI=1S/C13H10ClN5OS2/c14-10-5-4-8(21-10)7-16-12(20)17-13-19-18-11(22-13)9-3-1-2-6-15-9/h1-6H,7H2,(H2,16,17,19,20). The van der Waals surface area contributed by atoms with E-state index >= 15 is 0 Å². The lowest BCUT2D eigenvalue weighted by atomic mass is 10.4. The largest absolute Gasteiger partial charge is 0.333 e. The van der Waals surface area contributed by atoms with Crippen molar-refractivity contribution >= 4 is 45.4 Å². The number of pyridine rings is 1. The Kier molecular flexibility index (Phi) is 4.62. The number of urea groups is 1. The normalized spacial score (nSPS) is 10.4. The van der Waals surface area contributed by atoms with Crippen molar-refractivity contribution in [3.63, 3.8) is 0 Å². The van der Waals surface area contributed by atoms with Crippen molar-refractivity contribution < 1.29 is 4.79 Å². The number of halogens is 1.